The molecule has 2 heterocycles. The van der Waals surface area contributed by atoms with Gasteiger partial charge >= 0.3 is 5.97 Å². The van der Waals surface area contributed by atoms with E-state index in [0.717, 1.165) is 28.5 Å². The summed E-state index contributed by atoms with van der Waals surface area (Å²) in [6.45, 7) is 6.60. The number of rotatable bonds is 3. The lowest BCUT2D eigenvalue weighted by molar-refractivity contribution is -0.143. The van der Waals surface area contributed by atoms with E-state index in [1.54, 1.807) is 0 Å². The number of hydrogen-bond donors (Lipinski definition) is 2. The van der Waals surface area contributed by atoms with E-state index in [2.05, 4.69) is 11.1 Å². The quantitative estimate of drug-likeness (QED) is 0.905. The van der Waals surface area contributed by atoms with Crippen LogP contribution in [0.3, 0.4) is 0 Å². The highest BCUT2D eigenvalue weighted by molar-refractivity contribution is 5.99. The zero-order chi connectivity index (χ0) is 17.4. The maximum absolute atomic E-state index is 13.0. The van der Waals surface area contributed by atoms with Gasteiger partial charge in [-0.25, -0.2) is 0 Å². The van der Waals surface area contributed by atoms with Crippen molar-refractivity contribution >= 4 is 22.8 Å². The van der Waals surface area contributed by atoms with E-state index in [9.17, 15) is 14.7 Å². The van der Waals surface area contributed by atoms with Crippen LogP contribution in [0.15, 0.2) is 18.2 Å². The van der Waals surface area contributed by atoms with Crippen LogP contribution in [0.1, 0.15) is 47.8 Å². The van der Waals surface area contributed by atoms with Crippen LogP contribution in [-0.2, 0) is 4.79 Å². The number of aliphatic carboxylic acids is 1. The number of hydrogen-bond acceptors (Lipinski definition) is 2. The number of amides is 1. The Balaban J connectivity index is 1.88. The third-order valence-corrected chi connectivity index (χ3v) is 5.12. The van der Waals surface area contributed by atoms with Gasteiger partial charge in [0.15, 0.2) is 0 Å². The lowest BCUT2D eigenvalue weighted by Crippen LogP contribution is -2.47. The average Bonchev–Trinajstić information content (AvgIpc) is 2.97. The molecule has 2 unspecified atom stereocenters. The van der Waals surface area contributed by atoms with Crippen molar-refractivity contribution in [3.05, 3.63) is 35.0 Å². The van der Waals surface area contributed by atoms with Gasteiger partial charge in [-0.15, -0.1) is 0 Å². The van der Waals surface area contributed by atoms with Gasteiger partial charge < -0.3 is 15.0 Å². The Kier molecular flexibility index (Phi) is 4.35. The summed E-state index contributed by atoms with van der Waals surface area (Å²) in [4.78, 5) is 29.3. The van der Waals surface area contributed by atoms with E-state index in [1.807, 2.05) is 37.8 Å². The maximum Gasteiger partial charge on any atom is 0.306 e. The van der Waals surface area contributed by atoms with E-state index >= 15 is 0 Å². The molecule has 1 aromatic carbocycles. The SMILES string of the molecule is CCC1CC(C(=O)O)CCN1C(=O)c1cc2c(C)cc(C)cc2[nH]1. The fourth-order valence-electron chi connectivity index (χ4n) is 3.80. The van der Waals surface area contributed by atoms with Crippen molar-refractivity contribution in [2.24, 2.45) is 5.92 Å². The van der Waals surface area contributed by atoms with Gasteiger partial charge in [0.1, 0.15) is 5.69 Å². The Bertz CT molecular complexity index is 793. The number of nitrogens with one attached hydrogen (secondary N) is 1. The molecule has 128 valence electrons. The molecule has 1 aliphatic rings. The lowest BCUT2D eigenvalue weighted by Gasteiger charge is -2.37. The first-order valence-corrected chi connectivity index (χ1v) is 8.54. The second kappa shape index (κ2) is 6.30. The first-order chi connectivity index (χ1) is 11.4. The minimum atomic E-state index is -0.753. The zero-order valence-electron chi connectivity index (χ0n) is 14.4. The first kappa shape index (κ1) is 16.6. The molecule has 2 N–H and O–H groups in total. The number of likely N-dealkylation sites (tertiary alicyclic amines) is 1. The summed E-state index contributed by atoms with van der Waals surface area (Å²) in [5.74, 6) is -1.12. The summed E-state index contributed by atoms with van der Waals surface area (Å²) >= 11 is 0. The molecular formula is C19H24N2O3. The number of carbonyl (C=O) groups excluding carboxylic acids is 1. The Hall–Kier alpha value is -2.30. The number of carboxylic acid groups (broad SMARTS) is 1. The molecule has 1 aliphatic heterocycles. The summed E-state index contributed by atoms with van der Waals surface area (Å²) < 4.78 is 0. The van der Waals surface area contributed by atoms with Gasteiger partial charge in [0.25, 0.3) is 5.91 Å². The molecule has 0 radical (unpaired) electrons. The van der Waals surface area contributed by atoms with Gasteiger partial charge in [-0.05, 0) is 56.4 Å². The fourth-order valence-corrected chi connectivity index (χ4v) is 3.80. The number of fused-ring (bicyclic) bond motifs is 1. The number of benzene rings is 1. The summed E-state index contributed by atoms with van der Waals surface area (Å²) in [5, 5.41) is 10.3. The van der Waals surface area contributed by atoms with Gasteiger partial charge in [0.2, 0.25) is 0 Å². The molecule has 0 aliphatic carbocycles. The molecule has 0 bridgehead atoms. The molecule has 1 amide bonds. The molecular weight excluding hydrogens is 304 g/mol. The number of carbonyl (C=O) groups is 2. The van der Waals surface area contributed by atoms with E-state index in [4.69, 9.17) is 0 Å². The predicted molar refractivity (Wildman–Crippen MR) is 93.2 cm³/mol. The second-order valence-electron chi connectivity index (χ2n) is 6.85. The second-order valence-corrected chi connectivity index (χ2v) is 6.85. The largest absolute Gasteiger partial charge is 0.481 e. The Morgan fingerprint density at radius 2 is 2.04 bits per heavy atom. The van der Waals surface area contributed by atoms with Gasteiger partial charge in [0, 0.05) is 23.5 Å². The number of H-pyrrole nitrogens is 1. The van der Waals surface area contributed by atoms with Crippen molar-refractivity contribution in [2.45, 2.75) is 46.1 Å². The molecule has 1 fully saturated rings. The third-order valence-electron chi connectivity index (χ3n) is 5.12. The van der Waals surface area contributed by atoms with Crippen molar-refractivity contribution in [2.75, 3.05) is 6.54 Å². The zero-order valence-corrected chi connectivity index (χ0v) is 14.4. The number of aryl methyl sites for hydroxylation is 2. The van der Waals surface area contributed by atoms with E-state index in [1.165, 1.54) is 0 Å². The van der Waals surface area contributed by atoms with E-state index in [0.29, 0.717) is 25.1 Å². The highest BCUT2D eigenvalue weighted by Gasteiger charge is 2.34. The van der Waals surface area contributed by atoms with Gasteiger partial charge in [0.05, 0.1) is 5.92 Å². The third kappa shape index (κ3) is 2.90. The molecule has 3 rings (SSSR count). The smallest absolute Gasteiger partial charge is 0.306 e. The summed E-state index contributed by atoms with van der Waals surface area (Å²) in [7, 11) is 0. The van der Waals surface area contributed by atoms with Gasteiger partial charge in [-0.3, -0.25) is 9.59 Å². The van der Waals surface area contributed by atoms with Crippen LogP contribution in [0.5, 0.6) is 0 Å². The molecule has 2 aromatic rings. The molecule has 5 nitrogen and oxygen atoms in total. The van der Waals surface area contributed by atoms with Crippen molar-refractivity contribution in [1.82, 2.24) is 9.88 Å². The number of aromatic amines is 1. The molecule has 1 saturated heterocycles. The molecule has 5 heteroatoms. The number of piperidine rings is 1. The highest BCUT2D eigenvalue weighted by Crippen LogP contribution is 2.28. The number of carboxylic acids is 1. The van der Waals surface area contributed by atoms with Gasteiger partial charge in [-0.2, -0.15) is 0 Å². The lowest BCUT2D eigenvalue weighted by atomic mass is 9.89. The maximum atomic E-state index is 13.0. The molecule has 0 saturated carbocycles. The van der Waals surface area contributed by atoms with Crippen molar-refractivity contribution in [1.29, 1.82) is 0 Å². The minimum Gasteiger partial charge on any atom is -0.481 e. The van der Waals surface area contributed by atoms with Crippen LogP contribution in [0.4, 0.5) is 0 Å². The van der Waals surface area contributed by atoms with E-state index < -0.39 is 5.97 Å². The normalized spacial score (nSPS) is 21.2. The summed E-state index contributed by atoms with van der Waals surface area (Å²) in [6.07, 6.45) is 1.83. The van der Waals surface area contributed by atoms with Crippen molar-refractivity contribution in [3.63, 3.8) is 0 Å². The Morgan fingerprint density at radius 1 is 1.29 bits per heavy atom. The van der Waals surface area contributed by atoms with Crippen LogP contribution >= 0.6 is 0 Å². The van der Waals surface area contributed by atoms with Crippen LogP contribution in [0.2, 0.25) is 0 Å². The highest BCUT2D eigenvalue weighted by atomic mass is 16.4. The minimum absolute atomic E-state index is 0.0124. The Labute approximate surface area is 141 Å². The van der Waals surface area contributed by atoms with Crippen LogP contribution in [0.25, 0.3) is 10.9 Å². The molecule has 2 atom stereocenters. The predicted octanol–water partition coefficient (Wildman–Crippen LogP) is 3.50. The summed E-state index contributed by atoms with van der Waals surface area (Å²) in [5.41, 5.74) is 3.88. The fraction of sp³-hybridized carbons (Fsp3) is 0.474. The monoisotopic (exact) mass is 328 g/mol. The van der Waals surface area contributed by atoms with Crippen molar-refractivity contribution < 1.29 is 14.7 Å². The standard InChI is InChI=1S/C19H24N2O3/c1-4-14-9-13(19(23)24)5-6-21(14)18(22)17-10-15-12(3)7-11(2)8-16(15)20-17/h7-8,10,13-14,20H,4-6,9H2,1-3H3,(H,23,24). The summed E-state index contributed by atoms with van der Waals surface area (Å²) in [6, 6.07) is 6.06. The molecule has 24 heavy (non-hydrogen) atoms. The number of nitrogens with zero attached hydrogens (tertiary/aromatic N) is 1. The average molecular weight is 328 g/mol. The van der Waals surface area contributed by atoms with Gasteiger partial charge in [-0.1, -0.05) is 13.0 Å². The van der Waals surface area contributed by atoms with E-state index in [-0.39, 0.29) is 17.9 Å². The van der Waals surface area contributed by atoms with Crippen LogP contribution in [-0.4, -0.2) is 39.5 Å². The first-order valence-electron chi connectivity index (χ1n) is 8.54. The van der Waals surface area contributed by atoms with Crippen LogP contribution < -0.4 is 0 Å². The Morgan fingerprint density at radius 3 is 2.71 bits per heavy atom. The number of aromatic nitrogens is 1. The molecule has 1 aromatic heterocycles. The topological polar surface area (TPSA) is 73.4 Å². The van der Waals surface area contributed by atoms with Crippen LogP contribution in [0, 0.1) is 19.8 Å². The van der Waals surface area contributed by atoms with Crippen molar-refractivity contribution in [3.8, 4) is 0 Å². The molecule has 0 spiro atoms.